The van der Waals surface area contributed by atoms with E-state index in [-0.39, 0.29) is 17.9 Å². The SMILES string of the molecule is CCC1COCCN1c1c(F)cccc1CC(C)N. The molecule has 106 valence electrons. The highest BCUT2D eigenvalue weighted by Crippen LogP contribution is 2.29. The summed E-state index contributed by atoms with van der Waals surface area (Å²) < 4.78 is 19.8. The molecule has 0 amide bonds. The molecule has 2 atom stereocenters. The van der Waals surface area contributed by atoms with E-state index in [4.69, 9.17) is 10.5 Å². The van der Waals surface area contributed by atoms with Gasteiger partial charge in [-0.2, -0.15) is 0 Å². The van der Waals surface area contributed by atoms with Crippen molar-refractivity contribution in [2.24, 2.45) is 5.73 Å². The second-order valence-electron chi connectivity index (χ2n) is 5.26. The molecular weight excluding hydrogens is 243 g/mol. The second kappa shape index (κ2) is 6.35. The van der Waals surface area contributed by atoms with E-state index in [1.807, 2.05) is 13.0 Å². The molecule has 1 aromatic rings. The lowest BCUT2D eigenvalue weighted by molar-refractivity contribution is 0.0925. The third-order valence-corrected chi connectivity index (χ3v) is 3.60. The normalized spacial score (nSPS) is 21.5. The monoisotopic (exact) mass is 266 g/mol. The molecule has 2 N–H and O–H groups in total. The number of anilines is 1. The lowest BCUT2D eigenvalue weighted by Crippen LogP contribution is -2.46. The van der Waals surface area contributed by atoms with E-state index in [1.54, 1.807) is 6.07 Å². The summed E-state index contributed by atoms with van der Waals surface area (Å²) in [5.74, 6) is -0.154. The summed E-state index contributed by atoms with van der Waals surface area (Å²) in [6, 6.07) is 5.54. The highest BCUT2D eigenvalue weighted by atomic mass is 19.1. The van der Waals surface area contributed by atoms with E-state index < -0.39 is 0 Å². The Morgan fingerprint density at radius 3 is 3.00 bits per heavy atom. The minimum absolute atomic E-state index is 0.0293. The quantitative estimate of drug-likeness (QED) is 0.909. The summed E-state index contributed by atoms with van der Waals surface area (Å²) >= 11 is 0. The number of hydrogen-bond donors (Lipinski definition) is 1. The lowest BCUT2D eigenvalue weighted by Gasteiger charge is -2.38. The van der Waals surface area contributed by atoms with Crippen LogP contribution < -0.4 is 10.6 Å². The van der Waals surface area contributed by atoms with Crippen LogP contribution in [0.25, 0.3) is 0 Å². The van der Waals surface area contributed by atoms with Crippen molar-refractivity contribution in [1.82, 2.24) is 0 Å². The van der Waals surface area contributed by atoms with Crippen molar-refractivity contribution < 1.29 is 9.13 Å². The number of para-hydroxylation sites is 1. The van der Waals surface area contributed by atoms with Crippen molar-refractivity contribution in [1.29, 1.82) is 0 Å². The molecule has 0 aromatic heterocycles. The maximum Gasteiger partial charge on any atom is 0.146 e. The summed E-state index contributed by atoms with van der Waals surface area (Å²) in [7, 11) is 0. The molecular formula is C15H23FN2O. The van der Waals surface area contributed by atoms with Crippen molar-refractivity contribution in [2.75, 3.05) is 24.7 Å². The first kappa shape index (κ1) is 14.3. The van der Waals surface area contributed by atoms with Gasteiger partial charge in [0.2, 0.25) is 0 Å². The summed E-state index contributed by atoms with van der Waals surface area (Å²) in [6.07, 6.45) is 1.65. The van der Waals surface area contributed by atoms with Crippen LogP contribution in [0.4, 0.5) is 10.1 Å². The largest absolute Gasteiger partial charge is 0.377 e. The van der Waals surface area contributed by atoms with E-state index in [1.165, 1.54) is 6.07 Å². The number of nitrogens with zero attached hydrogens (tertiary/aromatic N) is 1. The Morgan fingerprint density at radius 2 is 2.32 bits per heavy atom. The zero-order valence-electron chi connectivity index (χ0n) is 11.7. The van der Waals surface area contributed by atoms with Crippen LogP contribution in [0.1, 0.15) is 25.8 Å². The molecule has 1 heterocycles. The maximum atomic E-state index is 14.3. The minimum Gasteiger partial charge on any atom is -0.377 e. The highest BCUT2D eigenvalue weighted by Gasteiger charge is 2.26. The summed E-state index contributed by atoms with van der Waals surface area (Å²) in [6.45, 7) is 6.13. The van der Waals surface area contributed by atoms with Crippen LogP contribution in [0.2, 0.25) is 0 Å². The Balaban J connectivity index is 2.35. The van der Waals surface area contributed by atoms with E-state index in [0.717, 1.165) is 24.2 Å². The number of rotatable bonds is 4. The highest BCUT2D eigenvalue weighted by molar-refractivity contribution is 5.56. The van der Waals surface area contributed by atoms with Crippen LogP contribution >= 0.6 is 0 Å². The van der Waals surface area contributed by atoms with Gasteiger partial charge in [0.25, 0.3) is 0 Å². The van der Waals surface area contributed by atoms with Gasteiger partial charge in [0.1, 0.15) is 5.82 Å². The molecule has 0 bridgehead atoms. The molecule has 0 spiro atoms. The fourth-order valence-electron chi connectivity index (χ4n) is 2.68. The number of ether oxygens (including phenoxy) is 1. The van der Waals surface area contributed by atoms with E-state index in [9.17, 15) is 4.39 Å². The lowest BCUT2D eigenvalue weighted by atomic mass is 10.0. The zero-order chi connectivity index (χ0) is 13.8. The molecule has 4 heteroatoms. The number of benzene rings is 1. The van der Waals surface area contributed by atoms with Crippen molar-refractivity contribution in [3.63, 3.8) is 0 Å². The standard InChI is InChI=1S/C15H23FN2O/c1-3-13-10-19-8-7-18(13)15-12(9-11(2)17)5-4-6-14(15)16/h4-6,11,13H,3,7-10,17H2,1-2H3. The molecule has 19 heavy (non-hydrogen) atoms. The molecule has 1 fully saturated rings. The minimum atomic E-state index is -0.154. The van der Waals surface area contributed by atoms with Gasteiger partial charge in [-0.25, -0.2) is 4.39 Å². The predicted octanol–water partition coefficient (Wildman–Crippen LogP) is 2.33. The molecule has 1 saturated heterocycles. The van der Waals surface area contributed by atoms with Crippen LogP contribution in [-0.2, 0) is 11.2 Å². The number of hydrogen-bond acceptors (Lipinski definition) is 3. The van der Waals surface area contributed by atoms with Gasteiger partial charge in [-0.15, -0.1) is 0 Å². The van der Waals surface area contributed by atoms with Crippen molar-refractivity contribution in [2.45, 2.75) is 38.8 Å². The van der Waals surface area contributed by atoms with Crippen molar-refractivity contribution in [3.8, 4) is 0 Å². The summed E-state index contributed by atoms with van der Waals surface area (Å²) in [5, 5.41) is 0. The average molecular weight is 266 g/mol. The van der Waals surface area contributed by atoms with E-state index in [0.29, 0.717) is 19.6 Å². The predicted molar refractivity (Wildman–Crippen MR) is 76.0 cm³/mol. The van der Waals surface area contributed by atoms with Crippen LogP contribution in [0.3, 0.4) is 0 Å². The molecule has 2 unspecified atom stereocenters. The van der Waals surface area contributed by atoms with Gasteiger partial charge in [0.15, 0.2) is 0 Å². The molecule has 0 saturated carbocycles. The molecule has 1 aliphatic heterocycles. The number of halogens is 1. The van der Waals surface area contributed by atoms with E-state index >= 15 is 0 Å². The van der Waals surface area contributed by atoms with Crippen molar-refractivity contribution in [3.05, 3.63) is 29.6 Å². The Labute approximate surface area is 114 Å². The first-order valence-electron chi connectivity index (χ1n) is 7.00. The maximum absolute atomic E-state index is 14.3. The molecule has 3 nitrogen and oxygen atoms in total. The summed E-state index contributed by atoms with van der Waals surface area (Å²) in [4.78, 5) is 2.15. The van der Waals surface area contributed by atoms with Gasteiger partial charge in [0, 0.05) is 12.6 Å². The van der Waals surface area contributed by atoms with Gasteiger partial charge in [-0.1, -0.05) is 19.1 Å². The van der Waals surface area contributed by atoms with Crippen LogP contribution in [0.15, 0.2) is 18.2 Å². The fourth-order valence-corrected chi connectivity index (χ4v) is 2.68. The van der Waals surface area contributed by atoms with E-state index in [2.05, 4.69) is 11.8 Å². The van der Waals surface area contributed by atoms with Crippen LogP contribution in [-0.4, -0.2) is 31.8 Å². The molecule has 2 rings (SSSR count). The first-order chi connectivity index (χ1) is 9.13. The fraction of sp³-hybridized carbons (Fsp3) is 0.600. The molecule has 0 radical (unpaired) electrons. The average Bonchev–Trinajstić information content (AvgIpc) is 2.38. The Morgan fingerprint density at radius 1 is 1.53 bits per heavy atom. The smallest absolute Gasteiger partial charge is 0.146 e. The van der Waals surface area contributed by atoms with Gasteiger partial charge >= 0.3 is 0 Å². The number of morpholine rings is 1. The zero-order valence-corrected chi connectivity index (χ0v) is 11.7. The van der Waals surface area contributed by atoms with Gasteiger partial charge in [0.05, 0.1) is 24.9 Å². The van der Waals surface area contributed by atoms with Crippen molar-refractivity contribution >= 4 is 5.69 Å². The molecule has 1 aromatic carbocycles. The molecule has 1 aliphatic rings. The summed E-state index contributed by atoms with van der Waals surface area (Å²) in [5.41, 5.74) is 7.59. The van der Waals surface area contributed by atoms with Gasteiger partial charge in [-0.05, 0) is 31.4 Å². The second-order valence-corrected chi connectivity index (χ2v) is 5.26. The number of nitrogens with two attached hydrogens (primary N) is 1. The van der Waals surface area contributed by atoms with Crippen LogP contribution in [0, 0.1) is 5.82 Å². The third kappa shape index (κ3) is 3.25. The van der Waals surface area contributed by atoms with Gasteiger partial charge < -0.3 is 15.4 Å². The van der Waals surface area contributed by atoms with Gasteiger partial charge in [-0.3, -0.25) is 0 Å². The third-order valence-electron chi connectivity index (χ3n) is 3.60. The first-order valence-corrected chi connectivity index (χ1v) is 7.00. The Bertz CT molecular complexity index is 423. The topological polar surface area (TPSA) is 38.5 Å². The van der Waals surface area contributed by atoms with Crippen LogP contribution in [0.5, 0.6) is 0 Å². The Hall–Kier alpha value is -1.13. The Kier molecular flexibility index (Phi) is 4.77. The molecule has 0 aliphatic carbocycles.